The molecule has 1 aromatic carbocycles. The van der Waals surface area contributed by atoms with E-state index < -0.39 is 0 Å². The Kier molecular flexibility index (Phi) is 4.68. The van der Waals surface area contributed by atoms with E-state index in [-0.39, 0.29) is 5.63 Å². The zero-order valence-electron chi connectivity index (χ0n) is 10.8. The molecule has 1 heterocycles. The molecule has 0 aliphatic rings. The third-order valence-corrected chi connectivity index (χ3v) is 4.01. The third-order valence-electron chi connectivity index (χ3n) is 2.77. The van der Waals surface area contributed by atoms with Crippen molar-refractivity contribution in [3.8, 4) is 11.5 Å². The number of ether oxygens (including phenoxy) is 2. The molecule has 1 unspecified atom stereocenters. The van der Waals surface area contributed by atoms with Crippen LogP contribution in [0, 0.1) is 0 Å². The molecule has 0 amide bonds. The quantitative estimate of drug-likeness (QED) is 0.457. The van der Waals surface area contributed by atoms with Crippen molar-refractivity contribution in [1.29, 1.82) is 0 Å². The molecule has 2 rings (SSSR count). The Bertz CT molecular complexity index is 620. The highest BCUT2D eigenvalue weighted by atomic mass is 127. The molecule has 0 aliphatic carbocycles. The van der Waals surface area contributed by atoms with Crippen molar-refractivity contribution in [3.63, 3.8) is 0 Å². The lowest BCUT2D eigenvalue weighted by molar-refractivity contribution is 0.296. The summed E-state index contributed by atoms with van der Waals surface area (Å²) in [6.45, 7) is 2.70. The predicted octanol–water partition coefficient (Wildman–Crippen LogP) is 3.39. The normalized spacial score (nSPS) is 12.4. The van der Waals surface area contributed by atoms with Gasteiger partial charge in [-0.15, -0.1) is 0 Å². The molecule has 4 nitrogen and oxygen atoms in total. The maximum atomic E-state index is 11.2. The number of alkyl halides is 1. The van der Waals surface area contributed by atoms with E-state index in [0.29, 0.717) is 27.6 Å². The summed E-state index contributed by atoms with van der Waals surface area (Å²) in [5.41, 5.74) is 0.133. The molecule has 0 spiro atoms. The minimum atomic E-state index is -0.371. The Morgan fingerprint density at radius 3 is 2.79 bits per heavy atom. The van der Waals surface area contributed by atoms with E-state index in [1.165, 1.54) is 6.07 Å². The van der Waals surface area contributed by atoms with E-state index in [1.54, 1.807) is 19.2 Å². The van der Waals surface area contributed by atoms with Gasteiger partial charge in [-0.3, -0.25) is 0 Å². The first kappa shape index (κ1) is 14.2. The van der Waals surface area contributed by atoms with E-state index in [0.717, 1.165) is 11.8 Å². The van der Waals surface area contributed by atoms with Crippen LogP contribution >= 0.6 is 22.6 Å². The van der Waals surface area contributed by atoms with Crippen LogP contribution in [0.15, 0.2) is 33.5 Å². The first-order valence-corrected chi connectivity index (χ1v) is 7.27. The van der Waals surface area contributed by atoms with Crippen LogP contribution < -0.4 is 15.1 Å². The standard InChI is InChI=1S/C14H15IO4/c1-3-10(15)8-18-13-7-11-9(6-12(13)17-2)4-5-14(16)19-11/h4-7,10H,3,8H2,1-2H3. The second-order valence-corrected chi connectivity index (χ2v) is 5.87. The van der Waals surface area contributed by atoms with Crippen LogP contribution in [0.1, 0.15) is 13.3 Å². The average molecular weight is 374 g/mol. The van der Waals surface area contributed by atoms with Crippen molar-refractivity contribution in [2.75, 3.05) is 13.7 Å². The SMILES string of the molecule is CCC(I)COc1cc2oc(=O)ccc2cc1OC. The molecule has 0 aliphatic heterocycles. The molecule has 1 aromatic heterocycles. The lowest BCUT2D eigenvalue weighted by Gasteiger charge is -2.13. The number of halogens is 1. The van der Waals surface area contributed by atoms with Crippen molar-refractivity contribution >= 4 is 33.6 Å². The maximum absolute atomic E-state index is 11.2. The number of rotatable bonds is 5. The summed E-state index contributed by atoms with van der Waals surface area (Å²) < 4.78 is 16.6. The molecule has 0 bridgehead atoms. The minimum Gasteiger partial charge on any atom is -0.493 e. The van der Waals surface area contributed by atoms with Crippen LogP contribution in [0.5, 0.6) is 11.5 Å². The summed E-state index contributed by atoms with van der Waals surface area (Å²) in [7, 11) is 1.59. The topological polar surface area (TPSA) is 48.7 Å². The number of fused-ring (bicyclic) bond motifs is 1. The van der Waals surface area contributed by atoms with Gasteiger partial charge in [0, 0.05) is 21.4 Å². The van der Waals surface area contributed by atoms with Crippen molar-refractivity contribution < 1.29 is 13.9 Å². The number of methoxy groups -OCH3 is 1. The maximum Gasteiger partial charge on any atom is 0.336 e. The Balaban J connectivity index is 2.37. The number of benzene rings is 1. The summed E-state index contributed by atoms with van der Waals surface area (Å²) >= 11 is 2.34. The average Bonchev–Trinajstić information content (AvgIpc) is 2.43. The monoisotopic (exact) mass is 374 g/mol. The van der Waals surface area contributed by atoms with Crippen LogP contribution in [-0.2, 0) is 0 Å². The van der Waals surface area contributed by atoms with Crippen molar-refractivity contribution in [3.05, 3.63) is 34.7 Å². The molecule has 0 N–H and O–H groups in total. The highest BCUT2D eigenvalue weighted by molar-refractivity contribution is 14.1. The Morgan fingerprint density at radius 2 is 2.11 bits per heavy atom. The van der Waals surface area contributed by atoms with Crippen molar-refractivity contribution in [1.82, 2.24) is 0 Å². The predicted molar refractivity (Wildman–Crippen MR) is 82.6 cm³/mol. The number of hydrogen-bond donors (Lipinski definition) is 0. The van der Waals surface area contributed by atoms with Gasteiger partial charge in [-0.2, -0.15) is 0 Å². The second-order valence-electron chi connectivity index (χ2n) is 4.11. The molecular formula is C14H15IO4. The van der Waals surface area contributed by atoms with Crippen molar-refractivity contribution in [2.45, 2.75) is 17.3 Å². The van der Waals surface area contributed by atoms with Crippen LogP contribution in [0.2, 0.25) is 0 Å². The van der Waals surface area contributed by atoms with Gasteiger partial charge < -0.3 is 13.9 Å². The lowest BCUT2D eigenvalue weighted by atomic mass is 10.2. The highest BCUT2D eigenvalue weighted by Gasteiger charge is 2.10. The van der Waals surface area contributed by atoms with Crippen LogP contribution in [0.25, 0.3) is 11.0 Å². The molecule has 0 radical (unpaired) electrons. The van der Waals surface area contributed by atoms with Crippen LogP contribution in [0.3, 0.4) is 0 Å². The summed E-state index contributed by atoms with van der Waals surface area (Å²) in [5, 5.41) is 0.810. The summed E-state index contributed by atoms with van der Waals surface area (Å²) in [6.07, 6.45) is 1.03. The molecule has 0 saturated heterocycles. The second kappa shape index (κ2) is 6.27. The van der Waals surface area contributed by atoms with Gasteiger partial charge in [-0.05, 0) is 18.6 Å². The van der Waals surface area contributed by atoms with Gasteiger partial charge in [-0.25, -0.2) is 4.79 Å². The molecular weight excluding hydrogens is 359 g/mol. The Morgan fingerprint density at radius 1 is 1.32 bits per heavy atom. The molecule has 5 heteroatoms. The first-order valence-electron chi connectivity index (χ1n) is 6.02. The fourth-order valence-electron chi connectivity index (χ4n) is 1.65. The van der Waals surface area contributed by atoms with E-state index in [1.807, 2.05) is 6.07 Å². The van der Waals surface area contributed by atoms with Gasteiger partial charge in [0.05, 0.1) is 7.11 Å². The van der Waals surface area contributed by atoms with Gasteiger partial charge in [0.1, 0.15) is 12.2 Å². The fourth-order valence-corrected chi connectivity index (χ4v) is 1.83. The van der Waals surface area contributed by atoms with Crippen molar-refractivity contribution in [2.24, 2.45) is 0 Å². The van der Waals surface area contributed by atoms with E-state index >= 15 is 0 Å². The largest absolute Gasteiger partial charge is 0.493 e. The minimum absolute atomic E-state index is 0.371. The Labute approximate surface area is 124 Å². The molecule has 19 heavy (non-hydrogen) atoms. The van der Waals surface area contributed by atoms with Gasteiger partial charge in [0.2, 0.25) is 0 Å². The van der Waals surface area contributed by atoms with Gasteiger partial charge in [0.25, 0.3) is 0 Å². The summed E-state index contributed by atoms with van der Waals surface area (Å²) in [6, 6.07) is 6.61. The van der Waals surface area contributed by atoms with Gasteiger partial charge in [0.15, 0.2) is 11.5 Å². The number of hydrogen-bond acceptors (Lipinski definition) is 4. The van der Waals surface area contributed by atoms with E-state index in [9.17, 15) is 4.79 Å². The molecule has 102 valence electrons. The highest BCUT2D eigenvalue weighted by Crippen LogP contribution is 2.32. The van der Waals surface area contributed by atoms with Gasteiger partial charge in [-0.1, -0.05) is 29.5 Å². The summed E-state index contributed by atoms with van der Waals surface area (Å²) in [5.74, 6) is 1.24. The summed E-state index contributed by atoms with van der Waals surface area (Å²) in [4.78, 5) is 11.2. The fraction of sp³-hybridized carbons (Fsp3) is 0.357. The van der Waals surface area contributed by atoms with Crippen LogP contribution in [-0.4, -0.2) is 17.6 Å². The van der Waals surface area contributed by atoms with Crippen LogP contribution in [0.4, 0.5) is 0 Å². The van der Waals surface area contributed by atoms with E-state index in [4.69, 9.17) is 13.9 Å². The molecule has 0 saturated carbocycles. The smallest absolute Gasteiger partial charge is 0.336 e. The molecule has 0 fully saturated rings. The third kappa shape index (κ3) is 3.40. The lowest BCUT2D eigenvalue weighted by Crippen LogP contribution is -2.10. The zero-order valence-corrected chi connectivity index (χ0v) is 13.0. The van der Waals surface area contributed by atoms with Gasteiger partial charge >= 0.3 is 5.63 Å². The van der Waals surface area contributed by atoms with E-state index in [2.05, 4.69) is 29.5 Å². The first-order chi connectivity index (χ1) is 9.13. The molecule has 1 atom stereocenters. The Hall–Kier alpha value is -1.24. The molecule has 2 aromatic rings. The zero-order chi connectivity index (χ0) is 13.8.